The molecule has 5 rings (SSSR count). The molecule has 4 atom stereocenters. The largest absolute Gasteiger partial charge is 0.497 e. The Kier molecular flexibility index (Phi) is 5.33. The molecule has 2 aliphatic heterocycles. The Labute approximate surface area is 185 Å². The predicted octanol–water partition coefficient (Wildman–Crippen LogP) is 4.05. The van der Waals surface area contributed by atoms with Gasteiger partial charge in [0.15, 0.2) is 0 Å². The topological polar surface area (TPSA) is 42.0 Å². The van der Waals surface area contributed by atoms with Crippen molar-refractivity contribution in [3.63, 3.8) is 0 Å². The van der Waals surface area contributed by atoms with Gasteiger partial charge in [0.1, 0.15) is 11.9 Å². The van der Waals surface area contributed by atoms with Crippen LogP contribution in [0.5, 0.6) is 5.75 Å². The Morgan fingerprint density at radius 1 is 1.23 bits per heavy atom. The number of carbonyl (C=O) groups excluding carboxylic acids is 1. The standard InChI is InChI=1S/C26H34N2O3/c1-18-6-5-9-26(2)16-24-21(15-23(18)26)22(25(29)31-24)17-27-10-12-28(13-11-27)19-7-4-8-20(14-19)30-3/h4,6-8,14-15,21-22,24H,5,9-13,16-17H2,1-3H3/t21-,22-,24-,26-/m1/s1. The normalized spacial score (nSPS) is 33.2. The molecule has 2 saturated heterocycles. The third kappa shape index (κ3) is 3.78. The number of anilines is 1. The van der Waals surface area contributed by atoms with Gasteiger partial charge in [-0.2, -0.15) is 0 Å². The molecule has 0 N–H and O–H groups in total. The zero-order valence-electron chi connectivity index (χ0n) is 19.0. The highest BCUT2D eigenvalue weighted by Crippen LogP contribution is 2.52. The number of nitrogens with zero attached hydrogens (tertiary/aromatic N) is 2. The third-order valence-electron chi connectivity index (χ3n) is 7.94. The smallest absolute Gasteiger partial charge is 0.311 e. The minimum Gasteiger partial charge on any atom is -0.497 e. The first-order valence-electron chi connectivity index (χ1n) is 11.7. The van der Waals surface area contributed by atoms with Gasteiger partial charge in [-0.05, 0) is 49.3 Å². The van der Waals surface area contributed by atoms with Crippen LogP contribution in [0, 0.1) is 17.3 Å². The molecule has 0 spiro atoms. The van der Waals surface area contributed by atoms with E-state index >= 15 is 0 Å². The summed E-state index contributed by atoms with van der Waals surface area (Å²) >= 11 is 0. The van der Waals surface area contributed by atoms with E-state index in [4.69, 9.17) is 9.47 Å². The van der Waals surface area contributed by atoms with Crippen LogP contribution < -0.4 is 9.64 Å². The lowest BCUT2D eigenvalue weighted by atomic mass is 9.62. The van der Waals surface area contributed by atoms with Gasteiger partial charge >= 0.3 is 5.97 Å². The van der Waals surface area contributed by atoms with Gasteiger partial charge in [0.05, 0.1) is 13.0 Å². The molecule has 2 aliphatic carbocycles. The number of ether oxygens (including phenoxy) is 2. The molecule has 5 heteroatoms. The molecule has 0 radical (unpaired) electrons. The van der Waals surface area contributed by atoms with Crippen LogP contribution >= 0.6 is 0 Å². The monoisotopic (exact) mass is 422 g/mol. The Hall–Kier alpha value is -2.27. The highest BCUT2D eigenvalue weighted by Gasteiger charge is 2.51. The fraction of sp³-hybridized carbons (Fsp3) is 0.577. The summed E-state index contributed by atoms with van der Waals surface area (Å²) in [5.41, 5.74) is 4.23. The molecule has 0 amide bonds. The number of hydrogen-bond acceptors (Lipinski definition) is 5. The molecule has 5 nitrogen and oxygen atoms in total. The van der Waals surface area contributed by atoms with Crippen molar-refractivity contribution in [1.82, 2.24) is 4.90 Å². The molecule has 166 valence electrons. The van der Waals surface area contributed by atoms with Crippen molar-refractivity contribution in [1.29, 1.82) is 0 Å². The molecule has 2 heterocycles. The second-order valence-corrected chi connectivity index (χ2v) is 9.92. The van der Waals surface area contributed by atoms with Gasteiger partial charge in [-0.1, -0.05) is 30.7 Å². The molecule has 0 saturated carbocycles. The van der Waals surface area contributed by atoms with Gasteiger partial charge in [-0.15, -0.1) is 0 Å². The van der Waals surface area contributed by atoms with Crippen molar-refractivity contribution in [3.8, 4) is 5.75 Å². The summed E-state index contributed by atoms with van der Waals surface area (Å²) in [6.07, 6.45) is 8.08. The first kappa shape index (κ1) is 20.6. The maximum atomic E-state index is 12.8. The lowest BCUT2D eigenvalue weighted by Gasteiger charge is -2.43. The van der Waals surface area contributed by atoms with Crippen molar-refractivity contribution in [3.05, 3.63) is 47.6 Å². The SMILES string of the molecule is COc1cccc(N2CCN(C[C@H]3C(=O)O[C@@H]4C[C@@]5(C)CCC=C(C)C5=C[C@@H]43)CC2)c1. The maximum Gasteiger partial charge on any atom is 0.311 e. The molecule has 0 bridgehead atoms. The Morgan fingerprint density at radius 3 is 2.81 bits per heavy atom. The highest BCUT2D eigenvalue weighted by molar-refractivity contribution is 5.76. The number of methoxy groups -OCH3 is 1. The van der Waals surface area contributed by atoms with E-state index in [1.165, 1.54) is 16.8 Å². The third-order valence-corrected chi connectivity index (χ3v) is 7.94. The second kappa shape index (κ2) is 8.01. The second-order valence-electron chi connectivity index (χ2n) is 9.92. The minimum atomic E-state index is -0.0415. The van der Waals surface area contributed by atoms with E-state index in [0.717, 1.165) is 57.7 Å². The molecule has 1 aromatic rings. The lowest BCUT2D eigenvalue weighted by molar-refractivity contribution is -0.145. The average molecular weight is 423 g/mol. The van der Waals surface area contributed by atoms with Gasteiger partial charge < -0.3 is 14.4 Å². The summed E-state index contributed by atoms with van der Waals surface area (Å²) in [7, 11) is 1.71. The van der Waals surface area contributed by atoms with E-state index in [2.05, 4.69) is 47.9 Å². The van der Waals surface area contributed by atoms with Gasteiger partial charge in [0.2, 0.25) is 0 Å². The molecule has 1 aromatic carbocycles. The van der Waals surface area contributed by atoms with Crippen LogP contribution in [0.1, 0.15) is 33.1 Å². The summed E-state index contributed by atoms with van der Waals surface area (Å²) in [6.45, 7) is 9.24. The van der Waals surface area contributed by atoms with Crippen LogP contribution in [0.4, 0.5) is 5.69 Å². The lowest BCUT2D eigenvalue weighted by Crippen LogP contribution is -2.49. The number of fused-ring (bicyclic) bond motifs is 2. The fourth-order valence-corrected chi connectivity index (χ4v) is 6.11. The van der Waals surface area contributed by atoms with Gasteiger partial charge in [0, 0.05) is 50.4 Å². The summed E-state index contributed by atoms with van der Waals surface area (Å²) < 4.78 is 11.3. The molecule has 0 aromatic heterocycles. The highest BCUT2D eigenvalue weighted by atomic mass is 16.6. The fourth-order valence-electron chi connectivity index (χ4n) is 6.11. The van der Waals surface area contributed by atoms with Crippen molar-refractivity contribution in [2.75, 3.05) is 44.7 Å². The molecular weight excluding hydrogens is 388 g/mol. The molecule has 4 aliphatic rings. The maximum absolute atomic E-state index is 12.8. The Bertz CT molecular complexity index is 915. The Balaban J connectivity index is 1.26. The van der Waals surface area contributed by atoms with Crippen molar-refractivity contribution in [2.24, 2.45) is 17.3 Å². The van der Waals surface area contributed by atoms with E-state index in [9.17, 15) is 4.79 Å². The Morgan fingerprint density at radius 2 is 2.03 bits per heavy atom. The average Bonchev–Trinajstić information content (AvgIpc) is 3.06. The summed E-state index contributed by atoms with van der Waals surface area (Å²) in [4.78, 5) is 17.7. The zero-order chi connectivity index (χ0) is 21.6. The zero-order valence-corrected chi connectivity index (χ0v) is 19.0. The molecular formula is C26H34N2O3. The number of benzene rings is 1. The first-order valence-corrected chi connectivity index (χ1v) is 11.7. The summed E-state index contributed by atoms with van der Waals surface area (Å²) in [5.74, 6) is 1.07. The van der Waals surface area contributed by atoms with E-state index in [-0.39, 0.29) is 29.3 Å². The van der Waals surface area contributed by atoms with Crippen molar-refractivity contribution < 1.29 is 14.3 Å². The molecule has 0 unspecified atom stereocenters. The number of esters is 1. The van der Waals surface area contributed by atoms with E-state index in [1.807, 2.05) is 12.1 Å². The summed E-state index contributed by atoms with van der Waals surface area (Å²) in [5, 5.41) is 0. The van der Waals surface area contributed by atoms with Crippen LogP contribution in [0.25, 0.3) is 0 Å². The minimum absolute atomic E-state index is 0.00551. The van der Waals surface area contributed by atoms with Crippen molar-refractivity contribution in [2.45, 2.75) is 39.2 Å². The first-order chi connectivity index (χ1) is 15.0. The molecule has 31 heavy (non-hydrogen) atoms. The molecule has 2 fully saturated rings. The van der Waals surface area contributed by atoms with Crippen LogP contribution in [0.15, 0.2) is 47.6 Å². The number of allylic oxidation sites excluding steroid dienone is 3. The van der Waals surface area contributed by atoms with Crippen LogP contribution in [-0.2, 0) is 9.53 Å². The van der Waals surface area contributed by atoms with Gasteiger partial charge in [-0.3, -0.25) is 9.69 Å². The van der Waals surface area contributed by atoms with Crippen LogP contribution in [0.2, 0.25) is 0 Å². The predicted molar refractivity (Wildman–Crippen MR) is 122 cm³/mol. The van der Waals surface area contributed by atoms with E-state index in [1.54, 1.807) is 7.11 Å². The van der Waals surface area contributed by atoms with E-state index < -0.39 is 0 Å². The van der Waals surface area contributed by atoms with Gasteiger partial charge in [0.25, 0.3) is 0 Å². The van der Waals surface area contributed by atoms with Crippen LogP contribution in [0.3, 0.4) is 0 Å². The summed E-state index contributed by atoms with van der Waals surface area (Å²) in [6, 6.07) is 8.26. The van der Waals surface area contributed by atoms with Crippen LogP contribution in [-0.4, -0.2) is 56.8 Å². The van der Waals surface area contributed by atoms with Crippen molar-refractivity contribution >= 4 is 11.7 Å². The number of rotatable bonds is 4. The number of hydrogen-bond donors (Lipinski definition) is 0. The van der Waals surface area contributed by atoms with E-state index in [0.29, 0.717) is 0 Å². The quantitative estimate of drug-likeness (QED) is 0.685. The number of carbonyl (C=O) groups is 1. The number of piperazine rings is 1. The van der Waals surface area contributed by atoms with Gasteiger partial charge in [-0.25, -0.2) is 0 Å².